The monoisotopic (exact) mass is 640 g/mol. The molecular weight excluding hydrogens is 567 g/mol. The molecule has 47 heavy (non-hydrogen) atoms. The van der Waals surface area contributed by atoms with Crippen molar-refractivity contribution in [3.63, 3.8) is 0 Å². The lowest BCUT2D eigenvalue weighted by molar-refractivity contribution is -0.0579. The second-order valence-corrected chi connectivity index (χ2v) is 19.5. The van der Waals surface area contributed by atoms with E-state index in [1.165, 1.54) is 70.8 Å². The minimum absolute atomic E-state index is 0.933. The molecule has 10 unspecified atom stereocenters. The zero-order valence-corrected chi connectivity index (χ0v) is 30.6. The molecular formula is C46H73N. The summed E-state index contributed by atoms with van der Waals surface area (Å²) in [5, 5.41) is 3.67. The fourth-order valence-electron chi connectivity index (χ4n) is 16.0. The van der Waals surface area contributed by atoms with Crippen LogP contribution >= 0.6 is 0 Å². The van der Waals surface area contributed by atoms with Crippen molar-refractivity contribution in [1.82, 2.24) is 5.32 Å². The van der Waals surface area contributed by atoms with E-state index in [-0.39, 0.29) is 0 Å². The first-order valence-electron chi connectivity index (χ1n) is 22.4. The van der Waals surface area contributed by atoms with Crippen molar-refractivity contribution in [2.45, 2.75) is 173 Å². The van der Waals surface area contributed by atoms with Crippen LogP contribution in [0.3, 0.4) is 0 Å². The van der Waals surface area contributed by atoms with Crippen LogP contribution in [0.4, 0.5) is 0 Å². The summed E-state index contributed by atoms with van der Waals surface area (Å²) >= 11 is 0. The highest BCUT2D eigenvalue weighted by atomic mass is 14.9. The Balaban J connectivity index is 0.859. The Bertz CT molecular complexity index is 1120. The van der Waals surface area contributed by atoms with Gasteiger partial charge in [-0.05, 0) is 205 Å². The van der Waals surface area contributed by atoms with Gasteiger partial charge in [0.1, 0.15) is 0 Å². The number of hydrogen-bond donors (Lipinski definition) is 1. The van der Waals surface area contributed by atoms with E-state index < -0.39 is 0 Å². The van der Waals surface area contributed by atoms with E-state index in [0.717, 1.165) is 83.5 Å². The Morgan fingerprint density at radius 3 is 1.47 bits per heavy atom. The predicted molar refractivity (Wildman–Crippen MR) is 198 cm³/mol. The molecule has 1 aliphatic heterocycles. The summed E-state index contributed by atoms with van der Waals surface area (Å²) in [7, 11) is 0. The first-order chi connectivity index (χ1) is 23.3. The van der Waals surface area contributed by atoms with Crippen molar-refractivity contribution in [2.24, 2.45) is 76.9 Å². The van der Waals surface area contributed by atoms with Crippen molar-refractivity contribution in [2.75, 3.05) is 13.1 Å². The summed E-state index contributed by atoms with van der Waals surface area (Å²) in [6, 6.07) is 0. The molecule has 10 atom stereocenters. The molecule has 0 aromatic heterocycles. The average molecular weight is 640 g/mol. The van der Waals surface area contributed by atoms with Crippen LogP contribution in [0.25, 0.3) is 0 Å². The lowest BCUT2D eigenvalue weighted by Gasteiger charge is -2.56. The summed E-state index contributed by atoms with van der Waals surface area (Å²) in [5.41, 5.74) is 5.96. The second kappa shape index (κ2) is 14.6. The van der Waals surface area contributed by atoms with Crippen LogP contribution in [0.1, 0.15) is 173 Å². The highest BCUT2D eigenvalue weighted by Crippen LogP contribution is 2.60. The molecule has 1 N–H and O–H groups in total. The van der Waals surface area contributed by atoms with Crippen LogP contribution in [0.2, 0.25) is 0 Å². The molecule has 0 saturated heterocycles. The number of nitrogens with one attached hydrogen (secondary N) is 1. The summed E-state index contributed by atoms with van der Waals surface area (Å²) in [6.07, 6.45) is 44.7. The van der Waals surface area contributed by atoms with Crippen molar-refractivity contribution in [3.05, 3.63) is 22.8 Å². The highest BCUT2D eigenvalue weighted by molar-refractivity contribution is 5.27. The van der Waals surface area contributed by atoms with Crippen LogP contribution in [0.5, 0.6) is 0 Å². The zero-order chi connectivity index (χ0) is 31.2. The molecule has 9 aliphatic rings. The molecule has 1 nitrogen and oxygen atoms in total. The van der Waals surface area contributed by atoms with Gasteiger partial charge < -0.3 is 5.32 Å². The van der Waals surface area contributed by atoms with E-state index in [0.29, 0.717) is 0 Å². The Hall–Kier alpha value is -0.560. The highest BCUT2D eigenvalue weighted by Gasteiger charge is 2.51. The minimum Gasteiger partial charge on any atom is -0.310 e. The lowest BCUT2D eigenvalue weighted by Crippen LogP contribution is -2.48. The van der Waals surface area contributed by atoms with Gasteiger partial charge in [0.2, 0.25) is 0 Å². The average Bonchev–Trinajstić information content (AvgIpc) is 3.69. The van der Waals surface area contributed by atoms with Gasteiger partial charge in [0.15, 0.2) is 0 Å². The van der Waals surface area contributed by atoms with Crippen LogP contribution in [-0.4, -0.2) is 13.1 Å². The number of fused-ring (bicyclic) bond motifs is 2. The van der Waals surface area contributed by atoms with E-state index in [1.807, 2.05) is 5.57 Å². The maximum Gasteiger partial charge on any atom is 0.0170 e. The molecule has 0 aromatic carbocycles. The van der Waals surface area contributed by atoms with Gasteiger partial charge in [0, 0.05) is 13.1 Å². The fraction of sp³-hybridized carbons (Fsp3) is 0.913. The topological polar surface area (TPSA) is 12.0 Å². The van der Waals surface area contributed by atoms with Gasteiger partial charge in [0.05, 0.1) is 0 Å². The van der Waals surface area contributed by atoms with Gasteiger partial charge in [0.25, 0.3) is 0 Å². The standard InChI is InChI=1S/C46H73N/c1-2-10-31(11-3-1)35-22-23-36(40-13-5-4-12-39(35)40)32-18-20-33(21-19-32)37-24-26-45(43-16-8-6-14-41(37)43)46-27-25-38(34-28-29-47-30-34)42-15-7-9-17-44(42)46/h28,31-33,35-38,41-47H,1-27,29-30H2. The SMILES string of the molecule is C1=C(C2CCC(C3CCC(C4CCC(C5CCC(C6CCCCC6)C6=C5CCCC6)CC4)C4CCCCC43)C3CCCCC23)CNC1. The molecule has 0 amide bonds. The summed E-state index contributed by atoms with van der Waals surface area (Å²) in [6.45, 7) is 2.35. The first-order valence-corrected chi connectivity index (χ1v) is 22.4. The van der Waals surface area contributed by atoms with Crippen molar-refractivity contribution < 1.29 is 0 Å². The van der Waals surface area contributed by atoms with Gasteiger partial charge in [-0.15, -0.1) is 0 Å². The zero-order valence-electron chi connectivity index (χ0n) is 30.6. The van der Waals surface area contributed by atoms with Gasteiger partial charge in [-0.3, -0.25) is 0 Å². The Morgan fingerprint density at radius 1 is 0.362 bits per heavy atom. The Morgan fingerprint density at radius 2 is 0.830 bits per heavy atom. The minimum atomic E-state index is 0.933. The molecule has 0 radical (unpaired) electrons. The third-order valence-corrected chi connectivity index (χ3v) is 17.9. The Kier molecular flexibility index (Phi) is 10.0. The maximum absolute atomic E-state index is 3.67. The smallest absolute Gasteiger partial charge is 0.0170 e. The molecule has 0 spiro atoms. The van der Waals surface area contributed by atoms with Gasteiger partial charge in [-0.2, -0.15) is 0 Å². The predicted octanol–water partition coefficient (Wildman–Crippen LogP) is 12.5. The molecule has 0 aromatic rings. The van der Waals surface area contributed by atoms with Crippen LogP contribution in [0.15, 0.2) is 22.8 Å². The van der Waals surface area contributed by atoms with E-state index in [1.54, 1.807) is 109 Å². The van der Waals surface area contributed by atoms with E-state index in [9.17, 15) is 0 Å². The molecule has 8 aliphatic carbocycles. The van der Waals surface area contributed by atoms with E-state index in [4.69, 9.17) is 0 Å². The van der Waals surface area contributed by atoms with Crippen LogP contribution < -0.4 is 5.32 Å². The quantitative estimate of drug-likeness (QED) is 0.295. The largest absolute Gasteiger partial charge is 0.310 e. The van der Waals surface area contributed by atoms with Crippen molar-refractivity contribution >= 4 is 0 Å². The molecule has 1 heteroatoms. The molecule has 6 fully saturated rings. The third kappa shape index (κ3) is 6.32. The summed E-state index contributed by atoms with van der Waals surface area (Å²) in [4.78, 5) is 0. The maximum atomic E-state index is 3.67. The van der Waals surface area contributed by atoms with Gasteiger partial charge in [-0.25, -0.2) is 0 Å². The first kappa shape index (κ1) is 32.4. The van der Waals surface area contributed by atoms with Gasteiger partial charge >= 0.3 is 0 Å². The third-order valence-electron chi connectivity index (χ3n) is 17.9. The number of rotatable bonds is 5. The van der Waals surface area contributed by atoms with E-state index in [2.05, 4.69) is 22.5 Å². The van der Waals surface area contributed by atoms with Crippen LogP contribution in [0, 0.1) is 76.9 Å². The summed E-state index contributed by atoms with van der Waals surface area (Å²) < 4.78 is 0. The normalized spacial score (nSPS) is 46.7. The second-order valence-electron chi connectivity index (χ2n) is 19.5. The number of hydrogen-bond acceptors (Lipinski definition) is 1. The Labute approximate surface area is 290 Å². The molecule has 262 valence electrons. The molecule has 1 heterocycles. The van der Waals surface area contributed by atoms with E-state index >= 15 is 0 Å². The van der Waals surface area contributed by atoms with Crippen molar-refractivity contribution in [3.8, 4) is 0 Å². The van der Waals surface area contributed by atoms with Crippen LogP contribution in [-0.2, 0) is 0 Å². The number of allylic oxidation sites excluding steroid dienone is 2. The van der Waals surface area contributed by atoms with Crippen molar-refractivity contribution in [1.29, 1.82) is 0 Å². The van der Waals surface area contributed by atoms with Gasteiger partial charge in [-0.1, -0.05) is 67.7 Å². The summed E-state index contributed by atoms with van der Waals surface area (Å²) in [5.74, 6) is 13.7. The molecule has 0 bridgehead atoms. The molecule has 9 rings (SSSR count). The lowest BCUT2D eigenvalue weighted by atomic mass is 9.49. The fourth-order valence-corrected chi connectivity index (χ4v) is 16.0. The molecule has 6 saturated carbocycles.